The minimum atomic E-state index is -0.0868. The fourth-order valence-corrected chi connectivity index (χ4v) is 2.14. The van der Waals surface area contributed by atoms with Crippen molar-refractivity contribution in [3.8, 4) is 0 Å². The summed E-state index contributed by atoms with van der Waals surface area (Å²) in [5.74, 6) is 1.05. The first-order valence-electron chi connectivity index (χ1n) is 5.48. The van der Waals surface area contributed by atoms with Crippen LogP contribution in [0, 0.1) is 5.82 Å². The van der Waals surface area contributed by atoms with Crippen molar-refractivity contribution in [2.75, 3.05) is 0 Å². The second-order valence-corrected chi connectivity index (χ2v) is 4.56. The highest BCUT2D eigenvalue weighted by atomic mass is 19.1. The normalized spacial score (nSPS) is 17.1. The Morgan fingerprint density at radius 2 is 2.00 bits per heavy atom. The highest BCUT2D eigenvalue weighted by Gasteiger charge is 2.23. The molecule has 1 saturated carbocycles. The van der Waals surface area contributed by atoms with E-state index < -0.39 is 0 Å². The Morgan fingerprint density at radius 1 is 1.29 bits per heavy atom. The van der Waals surface area contributed by atoms with Crippen molar-refractivity contribution < 1.29 is 4.39 Å². The third-order valence-corrected chi connectivity index (χ3v) is 3.22. The molecule has 0 bridgehead atoms. The van der Waals surface area contributed by atoms with Crippen molar-refractivity contribution in [3.05, 3.63) is 35.1 Å². The molecule has 0 saturated heterocycles. The van der Waals surface area contributed by atoms with Crippen LogP contribution in [0.1, 0.15) is 56.1 Å². The third kappa shape index (κ3) is 1.68. The molecule has 1 aromatic carbocycles. The van der Waals surface area contributed by atoms with E-state index in [4.69, 9.17) is 0 Å². The first-order chi connectivity index (χ1) is 6.68. The van der Waals surface area contributed by atoms with Gasteiger partial charge in [0.25, 0.3) is 0 Å². The molecule has 1 aliphatic carbocycles. The van der Waals surface area contributed by atoms with Gasteiger partial charge in [-0.25, -0.2) is 4.39 Å². The van der Waals surface area contributed by atoms with Crippen LogP contribution in [0.3, 0.4) is 0 Å². The van der Waals surface area contributed by atoms with Crippen LogP contribution in [0.4, 0.5) is 4.39 Å². The second kappa shape index (κ2) is 3.72. The van der Waals surface area contributed by atoms with Crippen LogP contribution in [0.15, 0.2) is 18.2 Å². The molecule has 0 spiro atoms. The third-order valence-electron chi connectivity index (χ3n) is 3.22. The Labute approximate surface area is 85.1 Å². The predicted octanol–water partition coefficient (Wildman–Crippen LogP) is 4.22. The van der Waals surface area contributed by atoms with Crippen molar-refractivity contribution in [1.82, 2.24) is 0 Å². The van der Waals surface area contributed by atoms with Crippen LogP contribution in [0.25, 0.3) is 0 Å². The van der Waals surface area contributed by atoms with Gasteiger partial charge in [-0.15, -0.1) is 0 Å². The molecule has 0 radical (unpaired) electrons. The van der Waals surface area contributed by atoms with E-state index in [2.05, 4.69) is 13.8 Å². The van der Waals surface area contributed by atoms with Crippen molar-refractivity contribution >= 4 is 0 Å². The Hall–Kier alpha value is -0.850. The molecule has 0 unspecified atom stereocenters. The van der Waals surface area contributed by atoms with Crippen LogP contribution in [0.5, 0.6) is 0 Å². The predicted molar refractivity (Wildman–Crippen MR) is 57.1 cm³/mol. The van der Waals surface area contributed by atoms with Gasteiger partial charge < -0.3 is 0 Å². The highest BCUT2D eigenvalue weighted by Crippen LogP contribution is 2.40. The molecule has 1 aliphatic rings. The van der Waals surface area contributed by atoms with Gasteiger partial charge >= 0.3 is 0 Å². The minimum absolute atomic E-state index is 0.0868. The zero-order chi connectivity index (χ0) is 10.1. The van der Waals surface area contributed by atoms with Gasteiger partial charge in [0.05, 0.1) is 0 Å². The van der Waals surface area contributed by atoms with Crippen LogP contribution >= 0.6 is 0 Å². The van der Waals surface area contributed by atoms with E-state index >= 15 is 0 Å². The molecule has 1 fully saturated rings. The van der Waals surface area contributed by atoms with E-state index in [-0.39, 0.29) is 5.82 Å². The van der Waals surface area contributed by atoms with Crippen molar-refractivity contribution in [2.24, 2.45) is 0 Å². The van der Waals surface area contributed by atoms with Gasteiger partial charge in [0, 0.05) is 0 Å². The first-order valence-corrected chi connectivity index (χ1v) is 5.48. The summed E-state index contributed by atoms with van der Waals surface area (Å²) in [4.78, 5) is 0. The topological polar surface area (TPSA) is 0 Å². The molecule has 14 heavy (non-hydrogen) atoms. The maximum absolute atomic E-state index is 13.1. The van der Waals surface area contributed by atoms with Gasteiger partial charge in [0.2, 0.25) is 0 Å². The van der Waals surface area contributed by atoms with Crippen LogP contribution in [0.2, 0.25) is 0 Å². The molecular formula is C13H17F. The minimum Gasteiger partial charge on any atom is -0.207 e. The van der Waals surface area contributed by atoms with E-state index in [1.807, 2.05) is 6.07 Å². The lowest BCUT2D eigenvalue weighted by Crippen LogP contribution is -2.12. The summed E-state index contributed by atoms with van der Waals surface area (Å²) in [6.45, 7) is 4.35. The fraction of sp³-hybridized carbons (Fsp3) is 0.538. The molecule has 1 aromatic rings. The number of rotatable bonds is 2. The van der Waals surface area contributed by atoms with E-state index in [1.54, 1.807) is 12.1 Å². The smallest absolute Gasteiger partial charge is 0.123 e. The molecular weight excluding hydrogens is 175 g/mol. The average molecular weight is 192 g/mol. The first kappa shape index (κ1) is 9.70. The molecule has 0 aromatic heterocycles. The van der Waals surface area contributed by atoms with Crippen molar-refractivity contribution in [1.29, 1.82) is 0 Å². The number of benzene rings is 1. The van der Waals surface area contributed by atoms with Crippen LogP contribution < -0.4 is 0 Å². The summed E-state index contributed by atoms with van der Waals surface area (Å²) in [6.07, 6.45) is 3.78. The summed E-state index contributed by atoms with van der Waals surface area (Å²) in [7, 11) is 0. The second-order valence-electron chi connectivity index (χ2n) is 4.56. The monoisotopic (exact) mass is 192 g/mol. The van der Waals surface area contributed by atoms with Crippen LogP contribution in [-0.4, -0.2) is 0 Å². The van der Waals surface area contributed by atoms with Crippen LogP contribution in [-0.2, 0) is 0 Å². The van der Waals surface area contributed by atoms with E-state index in [1.165, 1.54) is 30.4 Å². The molecule has 0 aliphatic heterocycles. The average Bonchev–Trinajstić information content (AvgIpc) is 2.00. The van der Waals surface area contributed by atoms with Gasteiger partial charge in [-0.1, -0.05) is 26.3 Å². The quantitative estimate of drug-likeness (QED) is 0.658. The fourth-order valence-electron chi connectivity index (χ4n) is 2.14. The van der Waals surface area contributed by atoms with Gasteiger partial charge in [-0.3, -0.25) is 0 Å². The van der Waals surface area contributed by atoms with Gasteiger partial charge in [0.1, 0.15) is 5.82 Å². The molecule has 0 nitrogen and oxygen atoms in total. The summed E-state index contributed by atoms with van der Waals surface area (Å²) in [6, 6.07) is 5.27. The summed E-state index contributed by atoms with van der Waals surface area (Å²) < 4.78 is 13.1. The molecule has 0 amide bonds. The van der Waals surface area contributed by atoms with Crippen molar-refractivity contribution in [3.63, 3.8) is 0 Å². The zero-order valence-electron chi connectivity index (χ0n) is 8.89. The van der Waals surface area contributed by atoms with E-state index in [0.29, 0.717) is 11.8 Å². The maximum Gasteiger partial charge on any atom is 0.123 e. The Balaban J connectivity index is 2.37. The molecule has 0 heterocycles. The number of hydrogen-bond donors (Lipinski definition) is 0. The Bertz CT molecular complexity index is 324. The lowest BCUT2D eigenvalue weighted by molar-refractivity contribution is 0.414. The number of halogens is 1. The lowest BCUT2D eigenvalue weighted by Gasteiger charge is -2.29. The highest BCUT2D eigenvalue weighted by molar-refractivity contribution is 5.34. The van der Waals surface area contributed by atoms with E-state index in [9.17, 15) is 4.39 Å². The maximum atomic E-state index is 13.1. The van der Waals surface area contributed by atoms with Crippen molar-refractivity contribution in [2.45, 2.75) is 44.9 Å². The SMILES string of the molecule is CC(C)c1ccc(F)cc1C1CCC1. The summed E-state index contributed by atoms with van der Waals surface area (Å²) >= 11 is 0. The standard InChI is InChI=1S/C13H17F/c1-9(2)12-7-6-11(14)8-13(12)10-4-3-5-10/h6-10H,3-5H2,1-2H3. The number of hydrogen-bond acceptors (Lipinski definition) is 0. The largest absolute Gasteiger partial charge is 0.207 e. The molecule has 0 atom stereocenters. The zero-order valence-corrected chi connectivity index (χ0v) is 8.89. The van der Waals surface area contributed by atoms with Gasteiger partial charge in [0.15, 0.2) is 0 Å². The summed E-state index contributed by atoms with van der Waals surface area (Å²) in [5.41, 5.74) is 2.59. The molecule has 0 N–H and O–H groups in total. The summed E-state index contributed by atoms with van der Waals surface area (Å²) in [5, 5.41) is 0. The Kier molecular flexibility index (Phi) is 2.58. The van der Waals surface area contributed by atoms with Gasteiger partial charge in [-0.05, 0) is 47.9 Å². The van der Waals surface area contributed by atoms with Gasteiger partial charge in [-0.2, -0.15) is 0 Å². The lowest BCUT2D eigenvalue weighted by atomic mass is 9.76. The molecule has 1 heteroatoms. The molecule has 2 rings (SSSR count). The van der Waals surface area contributed by atoms with E-state index in [0.717, 1.165) is 0 Å². The molecule has 76 valence electrons. The Morgan fingerprint density at radius 3 is 2.50 bits per heavy atom.